The van der Waals surface area contributed by atoms with E-state index in [0.717, 1.165) is 31.3 Å². The number of aryl methyl sites for hydroxylation is 1. The van der Waals surface area contributed by atoms with Gasteiger partial charge >= 0.3 is 12.1 Å². The SMILES string of the molecule is CCCC/C(=C\C(=O)OCC)c1cn(C(=O)OC(C)(C)C)c(CCCC)n1. The van der Waals surface area contributed by atoms with Crippen molar-refractivity contribution in [3.8, 4) is 0 Å². The van der Waals surface area contributed by atoms with E-state index in [1.807, 2.05) is 20.8 Å². The Morgan fingerprint density at radius 1 is 1.15 bits per heavy atom. The van der Waals surface area contributed by atoms with Crippen molar-refractivity contribution >= 4 is 17.6 Å². The first-order chi connectivity index (χ1) is 12.7. The molecular formula is C21H34N2O4. The lowest BCUT2D eigenvalue weighted by Crippen LogP contribution is -2.27. The highest BCUT2D eigenvalue weighted by atomic mass is 16.6. The number of aromatic nitrogens is 2. The third-order valence-electron chi connectivity index (χ3n) is 3.83. The van der Waals surface area contributed by atoms with Crippen LogP contribution in [0.1, 0.15) is 85.2 Å². The van der Waals surface area contributed by atoms with Gasteiger partial charge in [0.25, 0.3) is 0 Å². The Labute approximate surface area is 162 Å². The molecule has 0 unspecified atom stereocenters. The van der Waals surface area contributed by atoms with E-state index in [9.17, 15) is 9.59 Å². The minimum atomic E-state index is -0.588. The van der Waals surface area contributed by atoms with E-state index in [-0.39, 0.29) is 5.97 Å². The predicted molar refractivity (Wildman–Crippen MR) is 107 cm³/mol. The number of hydrogen-bond acceptors (Lipinski definition) is 5. The molecule has 0 saturated carbocycles. The van der Waals surface area contributed by atoms with Crippen LogP contribution in [0.15, 0.2) is 12.3 Å². The quantitative estimate of drug-likeness (QED) is 0.439. The van der Waals surface area contributed by atoms with E-state index in [0.29, 0.717) is 31.0 Å². The summed E-state index contributed by atoms with van der Waals surface area (Å²) >= 11 is 0. The van der Waals surface area contributed by atoms with Crippen molar-refractivity contribution in [3.05, 3.63) is 23.8 Å². The maximum Gasteiger partial charge on any atom is 0.420 e. The number of hydrogen-bond donors (Lipinski definition) is 0. The third kappa shape index (κ3) is 7.97. The van der Waals surface area contributed by atoms with E-state index in [1.165, 1.54) is 10.6 Å². The molecule has 0 bridgehead atoms. The lowest BCUT2D eigenvalue weighted by Gasteiger charge is -2.20. The summed E-state index contributed by atoms with van der Waals surface area (Å²) in [5.41, 5.74) is 0.832. The highest BCUT2D eigenvalue weighted by molar-refractivity contribution is 5.91. The number of rotatable bonds is 9. The normalized spacial score (nSPS) is 12.1. The number of carbonyl (C=O) groups excluding carboxylic acids is 2. The lowest BCUT2D eigenvalue weighted by atomic mass is 10.1. The van der Waals surface area contributed by atoms with Crippen molar-refractivity contribution < 1.29 is 19.1 Å². The molecule has 0 amide bonds. The van der Waals surface area contributed by atoms with Gasteiger partial charge in [0.05, 0.1) is 12.3 Å². The van der Waals surface area contributed by atoms with Crippen molar-refractivity contribution in [1.29, 1.82) is 0 Å². The monoisotopic (exact) mass is 378 g/mol. The van der Waals surface area contributed by atoms with Crippen LogP contribution in [0.2, 0.25) is 0 Å². The summed E-state index contributed by atoms with van der Waals surface area (Å²) in [5.74, 6) is 0.276. The van der Waals surface area contributed by atoms with Gasteiger partial charge in [-0.2, -0.15) is 0 Å². The summed E-state index contributed by atoms with van der Waals surface area (Å²) in [4.78, 5) is 29.2. The molecule has 0 spiro atoms. The van der Waals surface area contributed by atoms with Gasteiger partial charge in [0, 0.05) is 18.7 Å². The topological polar surface area (TPSA) is 70.4 Å². The Morgan fingerprint density at radius 3 is 2.37 bits per heavy atom. The van der Waals surface area contributed by atoms with E-state index in [2.05, 4.69) is 18.8 Å². The van der Waals surface area contributed by atoms with Gasteiger partial charge in [-0.3, -0.25) is 0 Å². The Kier molecular flexibility index (Phi) is 9.26. The molecule has 6 heteroatoms. The molecule has 1 heterocycles. The third-order valence-corrected chi connectivity index (χ3v) is 3.83. The molecule has 0 atom stereocenters. The molecule has 0 aliphatic carbocycles. The summed E-state index contributed by atoms with van der Waals surface area (Å²) in [6, 6.07) is 0. The molecule has 0 radical (unpaired) electrons. The second-order valence-corrected chi connectivity index (χ2v) is 7.52. The van der Waals surface area contributed by atoms with Gasteiger partial charge in [0.1, 0.15) is 11.4 Å². The Balaban J connectivity index is 3.25. The summed E-state index contributed by atoms with van der Waals surface area (Å²) in [6.45, 7) is 11.8. The van der Waals surface area contributed by atoms with Crippen molar-refractivity contribution in [2.24, 2.45) is 0 Å². The Bertz CT molecular complexity index is 654. The first-order valence-corrected chi connectivity index (χ1v) is 9.91. The fourth-order valence-corrected chi connectivity index (χ4v) is 2.52. The number of ether oxygens (including phenoxy) is 2. The van der Waals surface area contributed by atoms with E-state index in [4.69, 9.17) is 9.47 Å². The molecule has 0 fully saturated rings. The molecule has 0 aliphatic heterocycles. The zero-order valence-electron chi connectivity index (χ0n) is 17.6. The predicted octanol–water partition coefficient (Wildman–Crippen LogP) is 5.15. The van der Waals surface area contributed by atoms with Crippen LogP contribution < -0.4 is 0 Å². The fraction of sp³-hybridized carbons (Fsp3) is 0.667. The highest BCUT2D eigenvalue weighted by Gasteiger charge is 2.22. The van der Waals surface area contributed by atoms with E-state index >= 15 is 0 Å². The lowest BCUT2D eigenvalue weighted by molar-refractivity contribution is -0.137. The molecule has 0 N–H and O–H groups in total. The minimum absolute atomic E-state index is 0.324. The largest absolute Gasteiger partial charge is 0.463 e. The van der Waals surface area contributed by atoms with Crippen LogP contribution in [-0.4, -0.2) is 33.8 Å². The summed E-state index contributed by atoms with van der Waals surface area (Å²) in [6.07, 6.45) is 7.94. The van der Waals surface area contributed by atoms with Gasteiger partial charge in [0.15, 0.2) is 0 Å². The molecular weight excluding hydrogens is 344 g/mol. The molecule has 152 valence electrons. The zero-order chi connectivity index (χ0) is 20.4. The average Bonchev–Trinajstić information content (AvgIpc) is 2.99. The molecule has 6 nitrogen and oxygen atoms in total. The molecule has 27 heavy (non-hydrogen) atoms. The van der Waals surface area contributed by atoms with E-state index < -0.39 is 11.7 Å². The maximum absolute atomic E-state index is 12.6. The standard InChI is InChI=1S/C21H34N2O4/c1-7-10-12-16(14-19(24)26-9-3)17-15-23(18(22-17)13-11-8-2)20(25)27-21(4,5)6/h14-15H,7-13H2,1-6H3/b16-14+. The van der Waals surface area contributed by atoms with Gasteiger partial charge in [-0.25, -0.2) is 19.1 Å². The average molecular weight is 379 g/mol. The first-order valence-electron chi connectivity index (χ1n) is 9.91. The van der Waals surface area contributed by atoms with Crippen LogP contribution in [0.4, 0.5) is 4.79 Å². The number of nitrogens with zero attached hydrogens (tertiary/aromatic N) is 2. The zero-order valence-corrected chi connectivity index (χ0v) is 17.6. The van der Waals surface area contributed by atoms with Crippen LogP contribution in [0.5, 0.6) is 0 Å². The second kappa shape index (κ2) is 10.9. The molecule has 1 aromatic heterocycles. The molecule has 0 aliphatic rings. The number of allylic oxidation sites excluding steroid dienone is 1. The molecule has 0 aromatic carbocycles. The summed E-state index contributed by atoms with van der Waals surface area (Å²) in [5, 5.41) is 0. The highest BCUT2D eigenvalue weighted by Crippen LogP contribution is 2.22. The number of unbranched alkanes of at least 4 members (excludes halogenated alkanes) is 2. The van der Waals surface area contributed by atoms with Crippen molar-refractivity contribution in [1.82, 2.24) is 9.55 Å². The van der Waals surface area contributed by atoms with Crippen LogP contribution in [0.25, 0.3) is 5.57 Å². The van der Waals surface area contributed by atoms with Crippen LogP contribution in [0, 0.1) is 0 Å². The smallest absolute Gasteiger partial charge is 0.420 e. The van der Waals surface area contributed by atoms with Gasteiger partial charge in [-0.1, -0.05) is 26.7 Å². The van der Waals surface area contributed by atoms with Gasteiger partial charge in [-0.15, -0.1) is 0 Å². The number of carbonyl (C=O) groups is 2. The summed E-state index contributed by atoms with van der Waals surface area (Å²) in [7, 11) is 0. The molecule has 0 saturated heterocycles. The molecule has 1 rings (SSSR count). The van der Waals surface area contributed by atoms with Crippen LogP contribution in [0.3, 0.4) is 0 Å². The van der Waals surface area contributed by atoms with Crippen molar-refractivity contribution in [3.63, 3.8) is 0 Å². The fourth-order valence-electron chi connectivity index (χ4n) is 2.52. The Morgan fingerprint density at radius 2 is 1.81 bits per heavy atom. The second-order valence-electron chi connectivity index (χ2n) is 7.52. The van der Waals surface area contributed by atoms with Crippen LogP contribution in [-0.2, 0) is 20.7 Å². The van der Waals surface area contributed by atoms with Gasteiger partial charge in [-0.05, 0) is 52.5 Å². The number of imidazole rings is 1. The Hall–Kier alpha value is -2.11. The van der Waals surface area contributed by atoms with E-state index in [1.54, 1.807) is 13.1 Å². The van der Waals surface area contributed by atoms with Crippen molar-refractivity contribution in [2.45, 2.75) is 85.7 Å². The minimum Gasteiger partial charge on any atom is -0.463 e. The summed E-state index contributed by atoms with van der Waals surface area (Å²) < 4.78 is 12.0. The van der Waals surface area contributed by atoms with Gasteiger partial charge < -0.3 is 9.47 Å². The van der Waals surface area contributed by atoms with Gasteiger partial charge in [0.2, 0.25) is 0 Å². The number of esters is 1. The van der Waals surface area contributed by atoms with Crippen molar-refractivity contribution in [2.75, 3.05) is 6.61 Å². The maximum atomic E-state index is 12.6. The molecule has 1 aromatic rings. The first kappa shape index (κ1) is 22.9. The van der Waals surface area contributed by atoms with Crippen LogP contribution >= 0.6 is 0 Å².